The van der Waals surface area contributed by atoms with Crippen molar-refractivity contribution in [2.75, 3.05) is 26.4 Å². The molecule has 0 aliphatic carbocycles. The molecule has 1 N–H and O–H groups in total. The van der Waals surface area contributed by atoms with Crippen LogP contribution in [0.2, 0.25) is 0 Å². The van der Waals surface area contributed by atoms with Gasteiger partial charge in [-0.3, -0.25) is 0 Å². The van der Waals surface area contributed by atoms with Gasteiger partial charge in [0.2, 0.25) is 0 Å². The summed E-state index contributed by atoms with van der Waals surface area (Å²) in [6, 6.07) is 0. The van der Waals surface area contributed by atoms with Crippen molar-refractivity contribution in [3.8, 4) is 0 Å². The van der Waals surface area contributed by atoms with Crippen LogP contribution in [0.1, 0.15) is 46.0 Å². The van der Waals surface area contributed by atoms with Crippen LogP contribution in [-0.4, -0.2) is 43.8 Å². The second-order valence-corrected chi connectivity index (χ2v) is 4.12. The Bertz CT molecular complexity index is 196. The molecule has 18 heavy (non-hydrogen) atoms. The van der Waals surface area contributed by atoms with Crippen LogP contribution in [0, 0.1) is 0 Å². The van der Waals surface area contributed by atoms with Gasteiger partial charge in [0.25, 0.3) is 0 Å². The zero-order chi connectivity index (χ0) is 13.6. The summed E-state index contributed by atoms with van der Waals surface area (Å²) in [6.07, 6.45) is 3.61. The molecule has 0 aromatic rings. The highest BCUT2D eigenvalue weighted by Gasteiger charge is 2.07. The van der Waals surface area contributed by atoms with Gasteiger partial charge in [-0.25, -0.2) is 4.79 Å². The van der Waals surface area contributed by atoms with Crippen LogP contribution >= 0.6 is 0 Å². The van der Waals surface area contributed by atoms with Crippen LogP contribution in [0.3, 0.4) is 0 Å². The molecule has 1 unspecified atom stereocenters. The van der Waals surface area contributed by atoms with Crippen molar-refractivity contribution in [3.05, 3.63) is 0 Å². The van der Waals surface area contributed by atoms with E-state index in [1.54, 1.807) is 0 Å². The van der Waals surface area contributed by atoms with Gasteiger partial charge >= 0.3 is 6.16 Å². The summed E-state index contributed by atoms with van der Waals surface area (Å²) in [4.78, 5) is 10.1. The standard InChI is InChI=1S/C13H26O5/c1-3-5-8-16-10-11-17-12(4-2)7-6-9-18-13(14)15/h12H,3-11H2,1-2H3,(H,14,15). The number of unbranched alkanes of at least 4 members (excludes halogenated alkanes) is 1. The molecule has 0 aliphatic heterocycles. The second kappa shape index (κ2) is 12.6. The number of hydrogen-bond donors (Lipinski definition) is 1. The molecule has 0 fully saturated rings. The quantitative estimate of drug-likeness (QED) is 0.432. The van der Waals surface area contributed by atoms with Gasteiger partial charge < -0.3 is 19.3 Å². The lowest BCUT2D eigenvalue weighted by molar-refractivity contribution is -0.00399. The van der Waals surface area contributed by atoms with Crippen molar-refractivity contribution in [1.29, 1.82) is 0 Å². The minimum atomic E-state index is -1.21. The van der Waals surface area contributed by atoms with E-state index >= 15 is 0 Å². The van der Waals surface area contributed by atoms with Crippen molar-refractivity contribution >= 4 is 6.16 Å². The smallest absolute Gasteiger partial charge is 0.450 e. The fraction of sp³-hybridized carbons (Fsp3) is 0.923. The molecular weight excluding hydrogens is 236 g/mol. The van der Waals surface area contributed by atoms with Crippen LogP contribution < -0.4 is 0 Å². The third-order valence-corrected chi connectivity index (χ3v) is 2.57. The summed E-state index contributed by atoms with van der Waals surface area (Å²) in [5.74, 6) is 0. The Hall–Kier alpha value is -0.810. The van der Waals surface area contributed by atoms with Gasteiger partial charge in [0.15, 0.2) is 0 Å². The van der Waals surface area contributed by atoms with Gasteiger partial charge in [-0.05, 0) is 25.7 Å². The Labute approximate surface area is 109 Å². The number of carbonyl (C=O) groups is 1. The lowest BCUT2D eigenvalue weighted by Gasteiger charge is -2.15. The van der Waals surface area contributed by atoms with E-state index in [0.717, 1.165) is 32.3 Å². The number of carboxylic acid groups (broad SMARTS) is 1. The van der Waals surface area contributed by atoms with Gasteiger partial charge in [0, 0.05) is 6.61 Å². The summed E-state index contributed by atoms with van der Waals surface area (Å²) >= 11 is 0. The third kappa shape index (κ3) is 11.7. The highest BCUT2D eigenvalue weighted by molar-refractivity contribution is 5.56. The van der Waals surface area contributed by atoms with E-state index in [4.69, 9.17) is 14.6 Å². The molecule has 0 radical (unpaired) electrons. The minimum Gasteiger partial charge on any atom is -0.450 e. The molecule has 0 rings (SSSR count). The minimum absolute atomic E-state index is 0.164. The molecule has 0 aliphatic rings. The van der Waals surface area contributed by atoms with E-state index < -0.39 is 6.16 Å². The van der Waals surface area contributed by atoms with Gasteiger partial charge in [-0.1, -0.05) is 20.3 Å². The Morgan fingerprint density at radius 2 is 1.89 bits per heavy atom. The highest BCUT2D eigenvalue weighted by atomic mass is 16.7. The van der Waals surface area contributed by atoms with Crippen molar-refractivity contribution < 1.29 is 24.1 Å². The van der Waals surface area contributed by atoms with E-state index in [9.17, 15) is 4.79 Å². The molecule has 0 saturated heterocycles. The maximum Gasteiger partial charge on any atom is 0.505 e. The molecule has 0 bridgehead atoms. The molecule has 1 atom stereocenters. The normalized spacial score (nSPS) is 12.3. The Balaban J connectivity index is 3.37. The van der Waals surface area contributed by atoms with Gasteiger partial charge in [-0.15, -0.1) is 0 Å². The molecule has 0 saturated carbocycles. The molecule has 0 amide bonds. The average Bonchev–Trinajstić information content (AvgIpc) is 2.35. The summed E-state index contributed by atoms with van der Waals surface area (Å²) in [7, 11) is 0. The first-order chi connectivity index (χ1) is 8.70. The Morgan fingerprint density at radius 3 is 2.50 bits per heavy atom. The zero-order valence-corrected chi connectivity index (χ0v) is 11.5. The van der Waals surface area contributed by atoms with E-state index in [1.807, 2.05) is 0 Å². The maximum absolute atomic E-state index is 10.1. The first-order valence-electron chi connectivity index (χ1n) is 6.75. The van der Waals surface area contributed by atoms with Crippen LogP contribution in [0.5, 0.6) is 0 Å². The van der Waals surface area contributed by atoms with E-state index in [1.165, 1.54) is 0 Å². The monoisotopic (exact) mass is 262 g/mol. The number of rotatable bonds is 12. The fourth-order valence-electron chi connectivity index (χ4n) is 1.50. The van der Waals surface area contributed by atoms with Crippen LogP contribution in [0.15, 0.2) is 0 Å². The molecule has 5 nitrogen and oxygen atoms in total. The maximum atomic E-state index is 10.1. The van der Waals surface area contributed by atoms with Crippen LogP contribution in [0.4, 0.5) is 4.79 Å². The van der Waals surface area contributed by atoms with Gasteiger partial charge in [-0.2, -0.15) is 0 Å². The lowest BCUT2D eigenvalue weighted by atomic mass is 10.1. The van der Waals surface area contributed by atoms with Gasteiger partial charge in [0.1, 0.15) is 0 Å². The van der Waals surface area contributed by atoms with Crippen molar-refractivity contribution in [2.24, 2.45) is 0 Å². The third-order valence-electron chi connectivity index (χ3n) is 2.57. The molecule has 0 heterocycles. The average molecular weight is 262 g/mol. The molecule has 0 spiro atoms. The SMILES string of the molecule is CCCCOCCOC(CC)CCCOC(=O)O. The molecule has 0 aromatic carbocycles. The van der Waals surface area contributed by atoms with Gasteiger partial charge in [0.05, 0.1) is 25.9 Å². The largest absolute Gasteiger partial charge is 0.505 e. The van der Waals surface area contributed by atoms with E-state index in [0.29, 0.717) is 19.6 Å². The Morgan fingerprint density at radius 1 is 1.11 bits per heavy atom. The first-order valence-corrected chi connectivity index (χ1v) is 6.75. The molecule has 0 aromatic heterocycles. The van der Waals surface area contributed by atoms with Crippen molar-refractivity contribution in [3.63, 3.8) is 0 Å². The number of hydrogen-bond acceptors (Lipinski definition) is 4. The topological polar surface area (TPSA) is 65.0 Å². The molecule has 5 heteroatoms. The van der Waals surface area contributed by atoms with Crippen LogP contribution in [-0.2, 0) is 14.2 Å². The summed E-state index contributed by atoms with van der Waals surface area (Å²) in [5.41, 5.74) is 0. The summed E-state index contributed by atoms with van der Waals surface area (Å²) in [5, 5.41) is 8.31. The first kappa shape index (κ1) is 17.2. The second-order valence-electron chi connectivity index (χ2n) is 4.12. The van der Waals surface area contributed by atoms with E-state index in [2.05, 4.69) is 18.6 Å². The van der Waals surface area contributed by atoms with E-state index in [-0.39, 0.29) is 12.7 Å². The van der Waals surface area contributed by atoms with Crippen molar-refractivity contribution in [1.82, 2.24) is 0 Å². The Kier molecular flexibility index (Phi) is 12.1. The molecular formula is C13H26O5. The highest BCUT2D eigenvalue weighted by Crippen LogP contribution is 2.07. The fourth-order valence-corrected chi connectivity index (χ4v) is 1.50. The summed E-state index contributed by atoms with van der Waals surface area (Å²) in [6.45, 7) is 6.45. The zero-order valence-electron chi connectivity index (χ0n) is 11.5. The predicted molar refractivity (Wildman–Crippen MR) is 69.0 cm³/mol. The lowest BCUT2D eigenvalue weighted by Crippen LogP contribution is -2.17. The molecule has 108 valence electrons. The van der Waals surface area contributed by atoms with Crippen molar-refractivity contribution in [2.45, 2.75) is 52.1 Å². The summed E-state index contributed by atoms with van der Waals surface area (Å²) < 4.78 is 15.5. The number of ether oxygens (including phenoxy) is 3. The predicted octanol–water partition coefficient (Wildman–Crippen LogP) is 3.07. The van der Waals surface area contributed by atoms with Crippen LogP contribution in [0.25, 0.3) is 0 Å².